The fourth-order valence-electron chi connectivity index (χ4n) is 1.71. The van der Waals surface area contributed by atoms with E-state index in [0.29, 0.717) is 16.9 Å². The number of aromatic nitrogens is 2. The van der Waals surface area contributed by atoms with Crippen LogP contribution in [0.2, 0.25) is 0 Å². The second-order valence-electron chi connectivity index (χ2n) is 4.29. The molecule has 2 aromatic rings. The molecule has 0 radical (unpaired) electrons. The first-order chi connectivity index (χ1) is 9.31. The number of anilines is 1. The van der Waals surface area contributed by atoms with Gasteiger partial charge in [-0.15, -0.1) is 0 Å². The fraction of sp³-hybridized carbons (Fsp3) is 0.167. The molecule has 0 aliphatic heterocycles. The first kappa shape index (κ1) is 14.5. The zero-order valence-corrected chi connectivity index (χ0v) is 12.6. The molecule has 0 aliphatic carbocycles. The Morgan fingerprint density at radius 1 is 1.40 bits per heavy atom. The third-order valence-electron chi connectivity index (χ3n) is 2.82. The molecule has 0 saturated carbocycles. The van der Waals surface area contributed by atoms with Gasteiger partial charge in [0.25, 0.3) is 10.0 Å². The number of aryl methyl sites for hydroxylation is 2. The maximum atomic E-state index is 12.4. The SMILES string of the molecule is Cc1ccc(C(N)=S)cc1S(=O)(=O)Nc1ccnn1C. The number of rotatable bonds is 4. The molecule has 3 N–H and O–H groups in total. The van der Waals surface area contributed by atoms with Crippen LogP contribution in [0.25, 0.3) is 0 Å². The molecule has 0 fully saturated rings. The zero-order chi connectivity index (χ0) is 14.9. The second kappa shape index (κ2) is 5.22. The normalized spacial score (nSPS) is 11.3. The van der Waals surface area contributed by atoms with Crippen molar-refractivity contribution in [3.63, 3.8) is 0 Å². The molecule has 0 saturated heterocycles. The number of nitrogens with one attached hydrogen (secondary N) is 1. The molecule has 2 rings (SSSR count). The topological polar surface area (TPSA) is 90.0 Å². The first-order valence-corrected chi connectivity index (χ1v) is 7.61. The van der Waals surface area contributed by atoms with Gasteiger partial charge in [0, 0.05) is 18.7 Å². The lowest BCUT2D eigenvalue weighted by molar-refractivity contribution is 0.599. The molecule has 8 heteroatoms. The summed E-state index contributed by atoms with van der Waals surface area (Å²) < 4.78 is 28.7. The van der Waals surface area contributed by atoms with E-state index in [0.717, 1.165) is 0 Å². The number of sulfonamides is 1. The molecular weight excluding hydrogens is 296 g/mol. The van der Waals surface area contributed by atoms with Gasteiger partial charge in [0.05, 0.1) is 11.1 Å². The Hall–Kier alpha value is -1.93. The van der Waals surface area contributed by atoms with E-state index < -0.39 is 10.0 Å². The molecule has 0 amide bonds. The summed E-state index contributed by atoms with van der Waals surface area (Å²) in [6, 6.07) is 6.41. The van der Waals surface area contributed by atoms with Crippen molar-refractivity contribution in [3.8, 4) is 0 Å². The standard InChI is InChI=1S/C12H14N4O2S2/c1-8-3-4-9(12(13)19)7-10(8)20(17,18)15-11-5-6-14-16(11)2/h3-7,15H,1-2H3,(H2,13,19). The van der Waals surface area contributed by atoms with E-state index in [4.69, 9.17) is 18.0 Å². The summed E-state index contributed by atoms with van der Waals surface area (Å²) in [6.07, 6.45) is 1.51. The smallest absolute Gasteiger partial charge is 0.263 e. The van der Waals surface area contributed by atoms with Crippen molar-refractivity contribution in [2.45, 2.75) is 11.8 Å². The first-order valence-electron chi connectivity index (χ1n) is 5.72. The minimum absolute atomic E-state index is 0.143. The molecule has 0 aliphatic rings. The van der Waals surface area contributed by atoms with Gasteiger partial charge in [-0.25, -0.2) is 8.42 Å². The molecular formula is C12H14N4O2S2. The van der Waals surface area contributed by atoms with E-state index in [-0.39, 0.29) is 9.88 Å². The molecule has 1 heterocycles. The predicted octanol–water partition coefficient (Wildman–Crippen LogP) is 1.16. The molecule has 6 nitrogen and oxygen atoms in total. The Balaban J connectivity index is 2.46. The van der Waals surface area contributed by atoms with Crippen molar-refractivity contribution in [1.82, 2.24) is 9.78 Å². The van der Waals surface area contributed by atoms with E-state index in [2.05, 4.69) is 9.82 Å². The lowest BCUT2D eigenvalue weighted by Crippen LogP contribution is -2.18. The van der Waals surface area contributed by atoms with Crippen LogP contribution in [0, 0.1) is 6.92 Å². The maximum absolute atomic E-state index is 12.4. The highest BCUT2D eigenvalue weighted by atomic mass is 32.2. The number of benzene rings is 1. The van der Waals surface area contributed by atoms with Crippen LogP contribution in [0.4, 0.5) is 5.82 Å². The molecule has 106 valence electrons. The third-order valence-corrected chi connectivity index (χ3v) is 4.55. The molecule has 0 unspecified atom stereocenters. The van der Waals surface area contributed by atoms with Crippen LogP contribution in [-0.4, -0.2) is 23.2 Å². The van der Waals surface area contributed by atoms with E-state index >= 15 is 0 Å². The molecule has 20 heavy (non-hydrogen) atoms. The largest absolute Gasteiger partial charge is 0.389 e. The molecule has 0 bridgehead atoms. The van der Waals surface area contributed by atoms with Crippen molar-refractivity contribution in [1.29, 1.82) is 0 Å². The Bertz CT molecular complexity index is 766. The van der Waals surface area contributed by atoms with Crippen LogP contribution in [0.3, 0.4) is 0 Å². The Morgan fingerprint density at radius 3 is 2.65 bits per heavy atom. The number of hydrogen-bond acceptors (Lipinski definition) is 4. The van der Waals surface area contributed by atoms with Crippen molar-refractivity contribution in [3.05, 3.63) is 41.6 Å². The monoisotopic (exact) mass is 310 g/mol. The number of thiocarbonyl (C=S) groups is 1. The zero-order valence-electron chi connectivity index (χ0n) is 11.0. The lowest BCUT2D eigenvalue weighted by Gasteiger charge is -2.11. The highest BCUT2D eigenvalue weighted by Crippen LogP contribution is 2.20. The van der Waals surface area contributed by atoms with E-state index in [9.17, 15) is 8.42 Å². The predicted molar refractivity (Wildman–Crippen MR) is 81.1 cm³/mol. The van der Waals surface area contributed by atoms with Crippen molar-refractivity contribution in [2.24, 2.45) is 12.8 Å². The van der Waals surface area contributed by atoms with Crippen LogP contribution in [-0.2, 0) is 17.1 Å². The second-order valence-corrected chi connectivity index (χ2v) is 6.38. The molecule has 1 aromatic heterocycles. The Morgan fingerprint density at radius 2 is 2.10 bits per heavy atom. The van der Waals surface area contributed by atoms with Gasteiger partial charge >= 0.3 is 0 Å². The summed E-state index contributed by atoms with van der Waals surface area (Å²) in [5, 5.41) is 3.91. The summed E-state index contributed by atoms with van der Waals surface area (Å²) in [4.78, 5) is 0.297. The fourth-order valence-corrected chi connectivity index (χ4v) is 3.20. The van der Waals surface area contributed by atoms with Gasteiger partial charge in [-0.3, -0.25) is 9.40 Å². The highest BCUT2D eigenvalue weighted by molar-refractivity contribution is 7.92. The lowest BCUT2D eigenvalue weighted by atomic mass is 10.1. The van der Waals surface area contributed by atoms with Gasteiger partial charge in [-0.05, 0) is 18.6 Å². The third kappa shape index (κ3) is 2.81. The van der Waals surface area contributed by atoms with Crippen LogP contribution in [0.1, 0.15) is 11.1 Å². The number of nitrogens with two attached hydrogens (primary N) is 1. The van der Waals surface area contributed by atoms with Gasteiger partial charge < -0.3 is 5.73 Å². The van der Waals surface area contributed by atoms with Crippen molar-refractivity contribution < 1.29 is 8.42 Å². The van der Waals surface area contributed by atoms with Crippen molar-refractivity contribution in [2.75, 3.05) is 4.72 Å². The number of nitrogens with zero attached hydrogens (tertiary/aromatic N) is 2. The average Bonchev–Trinajstić information content (AvgIpc) is 2.74. The molecule has 0 spiro atoms. The Kier molecular flexibility index (Phi) is 3.78. The van der Waals surface area contributed by atoms with Crippen LogP contribution >= 0.6 is 12.2 Å². The van der Waals surface area contributed by atoms with E-state index in [1.54, 1.807) is 32.2 Å². The summed E-state index contributed by atoms with van der Waals surface area (Å²) in [5.41, 5.74) is 6.66. The van der Waals surface area contributed by atoms with Crippen LogP contribution in [0.15, 0.2) is 35.4 Å². The van der Waals surface area contributed by atoms with E-state index in [1.807, 2.05) is 0 Å². The molecule has 0 atom stereocenters. The van der Waals surface area contributed by atoms with Crippen LogP contribution in [0.5, 0.6) is 0 Å². The minimum atomic E-state index is -3.72. The number of hydrogen-bond donors (Lipinski definition) is 2. The average molecular weight is 310 g/mol. The van der Waals surface area contributed by atoms with Gasteiger partial charge in [0.15, 0.2) is 0 Å². The summed E-state index contributed by atoms with van der Waals surface area (Å²) in [7, 11) is -2.07. The van der Waals surface area contributed by atoms with Gasteiger partial charge in [0.1, 0.15) is 10.8 Å². The summed E-state index contributed by atoms with van der Waals surface area (Å²) >= 11 is 4.87. The van der Waals surface area contributed by atoms with Gasteiger partial charge in [-0.2, -0.15) is 5.10 Å². The van der Waals surface area contributed by atoms with Gasteiger partial charge in [0.2, 0.25) is 0 Å². The van der Waals surface area contributed by atoms with Crippen LogP contribution < -0.4 is 10.5 Å². The van der Waals surface area contributed by atoms with Crippen molar-refractivity contribution >= 4 is 33.0 Å². The van der Waals surface area contributed by atoms with Gasteiger partial charge in [-0.1, -0.05) is 24.4 Å². The minimum Gasteiger partial charge on any atom is -0.389 e. The molecule has 1 aromatic carbocycles. The quantitative estimate of drug-likeness (QED) is 0.827. The Labute approximate surface area is 122 Å². The highest BCUT2D eigenvalue weighted by Gasteiger charge is 2.19. The maximum Gasteiger partial charge on any atom is 0.263 e. The summed E-state index contributed by atoms with van der Waals surface area (Å²) in [5.74, 6) is 0.380. The van der Waals surface area contributed by atoms with E-state index in [1.165, 1.54) is 16.9 Å². The summed E-state index contributed by atoms with van der Waals surface area (Å²) in [6.45, 7) is 1.71.